The predicted molar refractivity (Wildman–Crippen MR) is 74.3 cm³/mol. The van der Waals surface area contributed by atoms with Crippen molar-refractivity contribution in [2.75, 3.05) is 6.54 Å². The van der Waals surface area contributed by atoms with Gasteiger partial charge in [-0.05, 0) is 37.5 Å². The van der Waals surface area contributed by atoms with Crippen LogP contribution in [0.5, 0.6) is 0 Å². The third-order valence-electron chi connectivity index (χ3n) is 3.81. The van der Waals surface area contributed by atoms with Crippen molar-refractivity contribution in [3.05, 3.63) is 0 Å². The first-order chi connectivity index (χ1) is 8.39. The summed E-state index contributed by atoms with van der Waals surface area (Å²) < 4.78 is 0. The lowest BCUT2D eigenvalue weighted by Gasteiger charge is -2.27. The van der Waals surface area contributed by atoms with E-state index in [1.807, 2.05) is 0 Å². The first-order valence-electron chi connectivity index (χ1n) is 7.34. The van der Waals surface area contributed by atoms with E-state index >= 15 is 0 Å². The lowest BCUT2D eigenvalue weighted by molar-refractivity contribution is -0.122. The number of rotatable bonds is 6. The van der Waals surface area contributed by atoms with Crippen molar-refractivity contribution in [3.8, 4) is 0 Å². The number of carbonyl (C=O) groups excluding carboxylic acids is 1. The van der Waals surface area contributed by atoms with Gasteiger partial charge in [-0.3, -0.25) is 4.79 Å². The molecule has 106 valence electrons. The lowest BCUT2D eigenvalue weighted by atomic mass is 9.85. The van der Waals surface area contributed by atoms with Crippen LogP contribution in [0.1, 0.15) is 65.7 Å². The van der Waals surface area contributed by atoms with Crippen LogP contribution in [-0.2, 0) is 4.79 Å². The van der Waals surface area contributed by atoms with Gasteiger partial charge in [0.15, 0.2) is 0 Å². The van der Waals surface area contributed by atoms with Crippen LogP contribution in [0.25, 0.3) is 0 Å². The molecule has 1 saturated carbocycles. The second-order valence-electron chi connectivity index (χ2n) is 6.70. The zero-order valence-electron chi connectivity index (χ0n) is 12.2. The van der Waals surface area contributed by atoms with E-state index in [0.29, 0.717) is 18.9 Å². The summed E-state index contributed by atoms with van der Waals surface area (Å²) in [4.78, 5) is 11.9. The fourth-order valence-electron chi connectivity index (χ4n) is 2.94. The Bertz CT molecular complexity index is 255. The van der Waals surface area contributed by atoms with Crippen molar-refractivity contribution in [3.63, 3.8) is 0 Å². The van der Waals surface area contributed by atoms with Crippen LogP contribution in [0.4, 0.5) is 0 Å². The van der Waals surface area contributed by atoms with Crippen LogP contribution < -0.4 is 5.32 Å². The molecule has 18 heavy (non-hydrogen) atoms. The summed E-state index contributed by atoms with van der Waals surface area (Å²) in [6.07, 6.45) is 7.42. The highest BCUT2D eigenvalue weighted by Crippen LogP contribution is 2.26. The Hall–Kier alpha value is -0.570. The number of nitrogens with one attached hydrogen (secondary N) is 1. The second-order valence-corrected chi connectivity index (χ2v) is 6.70. The molecule has 0 aromatic rings. The average molecular weight is 255 g/mol. The van der Waals surface area contributed by atoms with Crippen LogP contribution in [-0.4, -0.2) is 23.7 Å². The molecule has 3 nitrogen and oxygen atoms in total. The fourth-order valence-corrected chi connectivity index (χ4v) is 2.94. The molecule has 1 aliphatic rings. The summed E-state index contributed by atoms with van der Waals surface area (Å²) in [5.74, 6) is 0.777. The van der Waals surface area contributed by atoms with Crippen molar-refractivity contribution < 1.29 is 9.90 Å². The summed E-state index contributed by atoms with van der Waals surface area (Å²) >= 11 is 0. The standard InChI is InChI=1S/C15H29NO2/c1-12(17)10-15(2,3)11-16-14(18)9-13-7-5-4-6-8-13/h12-13,17H,4-11H2,1-3H3,(H,16,18). The Morgan fingerprint density at radius 1 is 1.33 bits per heavy atom. The first kappa shape index (κ1) is 15.5. The van der Waals surface area contributed by atoms with Gasteiger partial charge in [-0.15, -0.1) is 0 Å². The van der Waals surface area contributed by atoms with E-state index in [1.54, 1.807) is 6.92 Å². The summed E-state index contributed by atoms with van der Waals surface area (Å²) in [7, 11) is 0. The largest absolute Gasteiger partial charge is 0.393 e. The first-order valence-corrected chi connectivity index (χ1v) is 7.34. The molecule has 0 spiro atoms. The van der Waals surface area contributed by atoms with Gasteiger partial charge in [0.1, 0.15) is 0 Å². The molecule has 1 rings (SSSR count). The SMILES string of the molecule is CC(O)CC(C)(C)CNC(=O)CC1CCCCC1. The van der Waals surface area contributed by atoms with Crippen LogP contribution in [0.15, 0.2) is 0 Å². The number of carbonyl (C=O) groups is 1. The van der Waals surface area contributed by atoms with Gasteiger partial charge in [-0.25, -0.2) is 0 Å². The van der Waals surface area contributed by atoms with Crippen molar-refractivity contribution in [2.24, 2.45) is 11.3 Å². The van der Waals surface area contributed by atoms with Gasteiger partial charge in [-0.2, -0.15) is 0 Å². The van der Waals surface area contributed by atoms with Crippen LogP contribution in [0.2, 0.25) is 0 Å². The highest BCUT2D eigenvalue weighted by atomic mass is 16.3. The molecule has 0 bridgehead atoms. The van der Waals surface area contributed by atoms with E-state index in [9.17, 15) is 9.90 Å². The molecule has 0 aliphatic heterocycles. The molecule has 1 atom stereocenters. The summed E-state index contributed by atoms with van der Waals surface area (Å²) in [6, 6.07) is 0. The lowest BCUT2D eigenvalue weighted by Crippen LogP contribution is -2.36. The molecular formula is C15H29NO2. The van der Waals surface area contributed by atoms with E-state index in [2.05, 4.69) is 19.2 Å². The quantitative estimate of drug-likeness (QED) is 0.766. The van der Waals surface area contributed by atoms with Crippen molar-refractivity contribution in [1.29, 1.82) is 0 Å². The van der Waals surface area contributed by atoms with Gasteiger partial charge >= 0.3 is 0 Å². The summed E-state index contributed by atoms with van der Waals surface area (Å²) in [6.45, 7) is 6.62. The van der Waals surface area contributed by atoms with Crippen LogP contribution >= 0.6 is 0 Å². The van der Waals surface area contributed by atoms with Crippen molar-refractivity contribution >= 4 is 5.91 Å². The Morgan fingerprint density at radius 2 is 1.94 bits per heavy atom. The van der Waals surface area contributed by atoms with Gasteiger partial charge in [0.25, 0.3) is 0 Å². The molecule has 1 amide bonds. The molecule has 0 aromatic carbocycles. The third kappa shape index (κ3) is 6.39. The molecule has 0 radical (unpaired) electrons. The van der Waals surface area contributed by atoms with E-state index in [1.165, 1.54) is 32.1 Å². The van der Waals surface area contributed by atoms with Gasteiger partial charge in [0.05, 0.1) is 6.10 Å². The van der Waals surface area contributed by atoms with Crippen molar-refractivity contribution in [1.82, 2.24) is 5.32 Å². The van der Waals surface area contributed by atoms with Gasteiger partial charge in [-0.1, -0.05) is 33.1 Å². The summed E-state index contributed by atoms with van der Waals surface area (Å²) in [5.41, 5.74) is -0.0314. The Morgan fingerprint density at radius 3 is 2.50 bits per heavy atom. The Balaban J connectivity index is 2.23. The van der Waals surface area contributed by atoms with E-state index in [0.717, 1.165) is 6.42 Å². The molecule has 3 heteroatoms. The minimum Gasteiger partial charge on any atom is -0.393 e. The molecule has 1 aliphatic carbocycles. The maximum absolute atomic E-state index is 11.9. The average Bonchev–Trinajstić information content (AvgIpc) is 2.26. The monoisotopic (exact) mass is 255 g/mol. The minimum absolute atomic E-state index is 0.0314. The minimum atomic E-state index is -0.310. The molecule has 0 saturated heterocycles. The second kappa shape index (κ2) is 7.13. The van der Waals surface area contributed by atoms with E-state index < -0.39 is 0 Å². The number of amides is 1. The Labute approximate surface area is 111 Å². The van der Waals surface area contributed by atoms with Gasteiger partial charge < -0.3 is 10.4 Å². The zero-order chi connectivity index (χ0) is 13.6. The Kier molecular flexibility index (Phi) is 6.13. The molecule has 0 heterocycles. The van der Waals surface area contributed by atoms with Crippen LogP contribution in [0, 0.1) is 11.3 Å². The smallest absolute Gasteiger partial charge is 0.220 e. The fraction of sp³-hybridized carbons (Fsp3) is 0.933. The predicted octanol–water partition coefficient (Wildman–Crippen LogP) is 2.87. The van der Waals surface area contributed by atoms with Crippen molar-refractivity contribution in [2.45, 2.75) is 71.8 Å². The molecule has 1 unspecified atom stereocenters. The van der Waals surface area contributed by atoms with Crippen LogP contribution in [0.3, 0.4) is 0 Å². The number of aliphatic hydroxyl groups is 1. The van der Waals surface area contributed by atoms with Gasteiger partial charge in [0.2, 0.25) is 5.91 Å². The van der Waals surface area contributed by atoms with Gasteiger partial charge in [0, 0.05) is 13.0 Å². The summed E-state index contributed by atoms with van der Waals surface area (Å²) in [5, 5.41) is 12.4. The highest BCUT2D eigenvalue weighted by molar-refractivity contribution is 5.76. The van der Waals surface area contributed by atoms with E-state index in [4.69, 9.17) is 0 Å². The number of hydrogen-bond donors (Lipinski definition) is 2. The number of aliphatic hydroxyl groups excluding tert-OH is 1. The topological polar surface area (TPSA) is 49.3 Å². The molecular weight excluding hydrogens is 226 g/mol. The maximum atomic E-state index is 11.9. The zero-order valence-corrected chi connectivity index (χ0v) is 12.2. The van der Waals surface area contributed by atoms with E-state index in [-0.39, 0.29) is 17.4 Å². The maximum Gasteiger partial charge on any atom is 0.220 e. The third-order valence-corrected chi connectivity index (χ3v) is 3.81. The molecule has 1 fully saturated rings. The highest BCUT2D eigenvalue weighted by Gasteiger charge is 2.22. The number of hydrogen-bond acceptors (Lipinski definition) is 2. The molecule has 0 aromatic heterocycles. The molecule has 2 N–H and O–H groups in total. The normalized spacial score (nSPS) is 19.6.